The Morgan fingerprint density at radius 1 is 1.29 bits per heavy atom. The third-order valence-electron chi connectivity index (χ3n) is 3.03. The summed E-state index contributed by atoms with van der Waals surface area (Å²) in [4.78, 5) is 2.22. The number of nitrogens with two attached hydrogens (primary N) is 1. The van der Waals surface area contributed by atoms with Crippen LogP contribution in [-0.4, -0.2) is 26.7 Å². The van der Waals surface area contributed by atoms with Crippen LogP contribution in [0, 0.1) is 5.92 Å². The standard InChI is InChI=1S/C14H24N2O/c1-11(2)9-12(10-15)16(3)13-7-5-6-8-14(13)17-4/h5-8,11-12H,9-10,15H2,1-4H3. The number of rotatable bonds is 6. The predicted molar refractivity (Wildman–Crippen MR) is 73.7 cm³/mol. The van der Waals surface area contributed by atoms with Gasteiger partial charge in [0.1, 0.15) is 5.75 Å². The van der Waals surface area contributed by atoms with E-state index in [0.29, 0.717) is 18.5 Å². The van der Waals surface area contributed by atoms with E-state index in [4.69, 9.17) is 10.5 Å². The normalized spacial score (nSPS) is 12.6. The van der Waals surface area contributed by atoms with Gasteiger partial charge < -0.3 is 15.4 Å². The van der Waals surface area contributed by atoms with Crippen molar-refractivity contribution in [1.29, 1.82) is 0 Å². The maximum atomic E-state index is 5.87. The Balaban J connectivity index is 2.89. The Kier molecular flexibility index (Phi) is 5.29. The summed E-state index contributed by atoms with van der Waals surface area (Å²) in [6.07, 6.45) is 1.09. The van der Waals surface area contributed by atoms with Crippen LogP contribution in [0.3, 0.4) is 0 Å². The first-order valence-electron chi connectivity index (χ1n) is 6.16. The third kappa shape index (κ3) is 3.63. The molecule has 0 radical (unpaired) electrons. The van der Waals surface area contributed by atoms with Crippen molar-refractivity contribution in [2.45, 2.75) is 26.3 Å². The van der Waals surface area contributed by atoms with Crippen molar-refractivity contribution in [3.8, 4) is 5.75 Å². The van der Waals surface area contributed by atoms with Gasteiger partial charge in [-0.25, -0.2) is 0 Å². The van der Waals surface area contributed by atoms with E-state index in [2.05, 4.69) is 31.9 Å². The average Bonchev–Trinajstić information content (AvgIpc) is 2.34. The first-order chi connectivity index (χ1) is 8.10. The Hall–Kier alpha value is -1.22. The van der Waals surface area contributed by atoms with Crippen molar-refractivity contribution in [3.05, 3.63) is 24.3 Å². The number of ether oxygens (including phenoxy) is 1. The summed E-state index contributed by atoms with van der Waals surface area (Å²) in [5.74, 6) is 1.54. The number of hydrogen-bond donors (Lipinski definition) is 1. The number of anilines is 1. The highest BCUT2D eigenvalue weighted by Gasteiger charge is 2.17. The predicted octanol–water partition coefficient (Wildman–Crippen LogP) is 2.50. The lowest BCUT2D eigenvalue weighted by Crippen LogP contribution is -2.39. The van der Waals surface area contributed by atoms with Gasteiger partial charge in [-0.2, -0.15) is 0 Å². The van der Waals surface area contributed by atoms with Crippen molar-refractivity contribution < 1.29 is 4.74 Å². The summed E-state index contributed by atoms with van der Waals surface area (Å²) < 4.78 is 5.38. The quantitative estimate of drug-likeness (QED) is 0.824. The number of likely N-dealkylation sites (N-methyl/N-ethyl adjacent to an activating group) is 1. The summed E-state index contributed by atoms with van der Waals surface area (Å²) in [7, 11) is 3.78. The summed E-state index contributed by atoms with van der Waals surface area (Å²) in [6.45, 7) is 5.10. The molecule has 1 rings (SSSR count). The molecular formula is C14H24N2O. The molecule has 1 unspecified atom stereocenters. The lowest BCUT2D eigenvalue weighted by Gasteiger charge is -2.31. The fourth-order valence-corrected chi connectivity index (χ4v) is 2.07. The molecule has 0 aliphatic heterocycles. The summed E-state index contributed by atoms with van der Waals surface area (Å²) in [5.41, 5.74) is 6.97. The largest absolute Gasteiger partial charge is 0.495 e. The van der Waals surface area contributed by atoms with Gasteiger partial charge in [-0.1, -0.05) is 26.0 Å². The zero-order valence-electron chi connectivity index (χ0n) is 11.3. The van der Waals surface area contributed by atoms with Gasteiger partial charge in [0.2, 0.25) is 0 Å². The molecule has 1 aromatic carbocycles. The highest BCUT2D eigenvalue weighted by molar-refractivity contribution is 5.58. The van der Waals surface area contributed by atoms with E-state index in [9.17, 15) is 0 Å². The van der Waals surface area contributed by atoms with E-state index < -0.39 is 0 Å². The molecule has 0 bridgehead atoms. The van der Waals surface area contributed by atoms with Gasteiger partial charge in [-0.15, -0.1) is 0 Å². The third-order valence-corrected chi connectivity index (χ3v) is 3.03. The monoisotopic (exact) mass is 236 g/mol. The summed E-state index contributed by atoms with van der Waals surface area (Å²) >= 11 is 0. The molecule has 0 aliphatic carbocycles. The lowest BCUT2D eigenvalue weighted by molar-refractivity contribution is 0.410. The molecule has 0 saturated heterocycles. The van der Waals surface area contributed by atoms with Gasteiger partial charge in [0.15, 0.2) is 0 Å². The second-order valence-electron chi connectivity index (χ2n) is 4.80. The number of para-hydroxylation sites is 2. The Morgan fingerprint density at radius 3 is 2.47 bits per heavy atom. The summed E-state index contributed by atoms with van der Waals surface area (Å²) in [6, 6.07) is 8.41. The highest BCUT2D eigenvalue weighted by Crippen LogP contribution is 2.29. The molecule has 0 fully saturated rings. The van der Waals surface area contributed by atoms with E-state index >= 15 is 0 Å². The summed E-state index contributed by atoms with van der Waals surface area (Å²) in [5, 5.41) is 0. The Labute approximate surface area is 105 Å². The minimum atomic E-state index is 0.353. The molecule has 17 heavy (non-hydrogen) atoms. The molecule has 3 nitrogen and oxygen atoms in total. The van der Waals surface area contributed by atoms with Crippen LogP contribution in [0.15, 0.2) is 24.3 Å². The van der Waals surface area contributed by atoms with Gasteiger partial charge in [0.05, 0.1) is 12.8 Å². The van der Waals surface area contributed by atoms with Gasteiger partial charge >= 0.3 is 0 Å². The van der Waals surface area contributed by atoms with Gasteiger partial charge in [-0.05, 0) is 24.5 Å². The Bertz CT molecular complexity index is 339. The van der Waals surface area contributed by atoms with E-state index in [0.717, 1.165) is 17.9 Å². The van der Waals surface area contributed by atoms with Gasteiger partial charge in [0.25, 0.3) is 0 Å². The fraction of sp³-hybridized carbons (Fsp3) is 0.571. The first-order valence-corrected chi connectivity index (χ1v) is 6.16. The fourth-order valence-electron chi connectivity index (χ4n) is 2.07. The lowest BCUT2D eigenvalue weighted by atomic mass is 10.0. The van der Waals surface area contributed by atoms with Crippen LogP contribution in [0.1, 0.15) is 20.3 Å². The van der Waals surface area contributed by atoms with Crippen molar-refractivity contribution in [2.75, 3.05) is 25.6 Å². The van der Waals surface area contributed by atoms with Crippen molar-refractivity contribution in [3.63, 3.8) is 0 Å². The molecule has 3 heteroatoms. The van der Waals surface area contributed by atoms with Crippen molar-refractivity contribution >= 4 is 5.69 Å². The number of benzene rings is 1. The minimum Gasteiger partial charge on any atom is -0.495 e. The van der Waals surface area contributed by atoms with Gasteiger partial charge in [0, 0.05) is 19.6 Å². The number of hydrogen-bond acceptors (Lipinski definition) is 3. The van der Waals surface area contributed by atoms with E-state index in [1.165, 1.54) is 0 Å². The molecule has 1 aromatic rings. The van der Waals surface area contributed by atoms with Crippen LogP contribution < -0.4 is 15.4 Å². The molecule has 0 amide bonds. The van der Waals surface area contributed by atoms with Crippen LogP contribution in [-0.2, 0) is 0 Å². The van der Waals surface area contributed by atoms with Crippen LogP contribution in [0.2, 0.25) is 0 Å². The van der Waals surface area contributed by atoms with Crippen molar-refractivity contribution in [2.24, 2.45) is 11.7 Å². The topological polar surface area (TPSA) is 38.5 Å². The molecule has 0 saturated carbocycles. The Morgan fingerprint density at radius 2 is 1.94 bits per heavy atom. The van der Waals surface area contributed by atoms with Crippen LogP contribution in [0.4, 0.5) is 5.69 Å². The highest BCUT2D eigenvalue weighted by atomic mass is 16.5. The van der Waals surface area contributed by atoms with E-state index in [1.54, 1.807) is 7.11 Å². The second kappa shape index (κ2) is 6.50. The number of nitrogens with zero attached hydrogens (tertiary/aromatic N) is 1. The molecule has 0 heterocycles. The molecule has 0 aliphatic rings. The van der Waals surface area contributed by atoms with E-state index in [-0.39, 0.29) is 0 Å². The minimum absolute atomic E-state index is 0.353. The molecule has 0 aromatic heterocycles. The SMILES string of the molecule is COc1ccccc1N(C)C(CN)CC(C)C. The average molecular weight is 236 g/mol. The maximum Gasteiger partial charge on any atom is 0.142 e. The molecule has 2 N–H and O–H groups in total. The van der Waals surface area contributed by atoms with Crippen LogP contribution >= 0.6 is 0 Å². The number of methoxy groups -OCH3 is 1. The smallest absolute Gasteiger partial charge is 0.142 e. The second-order valence-corrected chi connectivity index (χ2v) is 4.80. The molecular weight excluding hydrogens is 212 g/mol. The molecule has 96 valence electrons. The van der Waals surface area contributed by atoms with Crippen molar-refractivity contribution in [1.82, 2.24) is 0 Å². The van der Waals surface area contributed by atoms with Gasteiger partial charge in [-0.3, -0.25) is 0 Å². The van der Waals surface area contributed by atoms with Crippen LogP contribution in [0.25, 0.3) is 0 Å². The molecule has 0 spiro atoms. The zero-order chi connectivity index (χ0) is 12.8. The van der Waals surface area contributed by atoms with E-state index in [1.807, 2.05) is 18.2 Å². The maximum absolute atomic E-state index is 5.87. The molecule has 1 atom stereocenters. The van der Waals surface area contributed by atoms with Crippen LogP contribution in [0.5, 0.6) is 5.75 Å². The zero-order valence-corrected chi connectivity index (χ0v) is 11.3. The first kappa shape index (κ1) is 13.8.